The zero-order valence-corrected chi connectivity index (χ0v) is 10.0. The Morgan fingerprint density at radius 3 is 2.57 bits per heavy atom. The Labute approximate surface area is 88.5 Å². The Morgan fingerprint density at radius 1 is 1.43 bits per heavy atom. The summed E-state index contributed by atoms with van der Waals surface area (Å²) >= 11 is 0. The molecule has 0 unspecified atom stereocenters. The van der Waals surface area contributed by atoms with Crippen LogP contribution in [0.25, 0.3) is 0 Å². The maximum absolute atomic E-state index is 6.01. The summed E-state index contributed by atoms with van der Waals surface area (Å²) in [7, 11) is 0. The lowest BCUT2D eigenvalue weighted by molar-refractivity contribution is -0.0732. The van der Waals surface area contributed by atoms with Gasteiger partial charge in [-0.25, -0.2) is 0 Å². The maximum atomic E-state index is 6.01. The number of rotatable bonds is 3. The van der Waals surface area contributed by atoms with Gasteiger partial charge in [0.1, 0.15) is 0 Å². The molecule has 0 N–H and O–H groups in total. The monoisotopic (exact) mass is 196 g/mol. The highest BCUT2D eigenvalue weighted by Crippen LogP contribution is 2.32. The van der Waals surface area contributed by atoms with Crippen molar-refractivity contribution in [3.8, 4) is 0 Å². The summed E-state index contributed by atoms with van der Waals surface area (Å²) in [5.41, 5.74) is 1.29. The van der Waals surface area contributed by atoms with E-state index in [2.05, 4.69) is 34.3 Å². The molecule has 82 valence electrons. The van der Waals surface area contributed by atoms with Crippen molar-refractivity contribution in [3.63, 3.8) is 0 Å². The largest absolute Gasteiger partial charge is 0.375 e. The molecule has 14 heavy (non-hydrogen) atoms. The first-order valence-corrected chi connectivity index (χ1v) is 5.81. The third-order valence-electron chi connectivity index (χ3n) is 3.08. The van der Waals surface area contributed by atoms with Crippen LogP contribution in [0, 0.1) is 11.8 Å². The summed E-state index contributed by atoms with van der Waals surface area (Å²) in [6, 6.07) is 0. The van der Waals surface area contributed by atoms with Gasteiger partial charge in [-0.2, -0.15) is 0 Å². The van der Waals surface area contributed by atoms with E-state index in [1.807, 2.05) is 0 Å². The second-order valence-electron chi connectivity index (χ2n) is 5.14. The van der Waals surface area contributed by atoms with Gasteiger partial charge in [-0.15, -0.1) is 0 Å². The van der Waals surface area contributed by atoms with Gasteiger partial charge in [-0.05, 0) is 39.0 Å². The molecule has 0 amide bonds. The SMILES string of the molecule is C=C(C)[C@@H]1CC[C@@H](C)O[C@@H]1CC(C)C. The standard InChI is InChI=1S/C13H24O/c1-9(2)8-13-12(10(3)4)7-6-11(5)14-13/h9,11-13H,3,6-8H2,1-2,4-5H3/t11-,12+,13-/m1/s1. The van der Waals surface area contributed by atoms with Crippen molar-refractivity contribution in [1.29, 1.82) is 0 Å². The average molecular weight is 196 g/mol. The molecule has 3 atom stereocenters. The molecule has 0 radical (unpaired) electrons. The van der Waals surface area contributed by atoms with E-state index >= 15 is 0 Å². The molecule has 0 spiro atoms. The molecule has 1 aliphatic heterocycles. The molecule has 1 fully saturated rings. The minimum atomic E-state index is 0.413. The predicted molar refractivity (Wildman–Crippen MR) is 61.3 cm³/mol. The summed E-state index contributed by atoms with van der Waals surface area (Å²) in [5.74, 6) is 1.31. The van der Waals surface area contributed by atoms with E-state index in [1.54, 1.807) is 0 Å². The second kappa shape index (κ2) is 4.97. The van der Waals surface area contributed by atoms with Crippen molar-refractivity contribution in [1.82, 2.24) is 0 Å². The van der Waals surface area contributed by atoms with Crippen LogP contribution < -0.4 is 0 Å². The highest BCUT2D eigenvalue weighted by molar-refractivity contribution is 5.01. The zero-order valence-electron chi connectivity index (χ0n) is 10.0. The number of hydrogen-bond donors (Lipinski definition) is 0. The Hall–Kier alpha value is -0.300. The van der Waals surface area contributed by atoms with Crippen molar-refractivity contribution >= 4 is 0 Å². The summed E-state index contributed by atoms with van der Waals surface area (Å²) in [5, 5.41) is 0. The van der Waals surface area contributed by atoms with Gasteiger partial charge in [0.15, 0.2) is 0 Å². The van der Waals surface area contributed by atoms with Gasteiger partial charge in [0.25, 0.3) is 0 Å². The van der Waals surface area contributed by atoms with Crippen LogP contribution in [0.4, 0.5) is 0 Å². The molecule has 0 bridgehead atoms. The molecule has 1 rings (SSSR count). The van der Waals surface area contributed by atoms with E-state index in [1.165, 1.54) is 24.8 Å². The van der Waals surface area contributed by atoms with E-state index < -0.39 is 0 Å². The highest BCUT2D eigenvalue weighted by atomic mass is 16.5. The van der Waals surface area contributed by atoms with E-state index in [4.69, 9.17) is 4.74 Å². The van der Waals surface area contributed by atoms with Crippen molar-refractivity contribution in [3.05, 3.63) is 12.2 Å². The van der Waals surface area contributed by atoms with E-state index in [0.29, 0.717) is 24.0 Å². The lowest BCUT2D eigenvalue weighted by Crippen LogP contribution is -2.35. The first kappa shape index (κ1) is 11.8. The molecule has 0 saturated carbocycles. The average Bonchev–Trinajstić information content (AvgIpc) is 2.01. The van der Waals surface area contributed by atoms with Crippen molar-refractivity contribution < 1.29 is 4.74 Å². The van der Waals surface area contributed by atoms with Crippen molar-refractivity contribution in [2.45, 2.75) is 59.2 Å². The van der Waals surface area contributed by atoms with E-state index in [9.17, 15) is 0 Å². The van der Waals surface area contributed by atoms with Gasteiger partial charge in [-0.1, -0.05) is 26.0 Å². The topological polar surface area (TPSA) is 9.23 Å². The Kier molecular flexibility index (Phi) is 4.18. The first-order chi connectivity index (χ1) is 6.50. The lowest BCUT2D eigenvalue weighted by atomic mass is 9.83. The van der Waals surface area contributed by atoms with Crippen LogP contribution in [0.5, 0.6) is 0 Å². The van der Waals surface area contributed by atoms with Gasteiger partial charge in [-0.3, -0.25) is 0 Å². The number of hydrogen-bond acceptors (Lipinski definition) is 1. The van der Waals surface area contributed by atoms with E-state index in [0.717, 1.165) is 0 Å². The fourth-order valence-electron chi connectivity index (χ4n) is 2.31. The van der Waals surface area contributed by atoms with E-state index in [-0.39, 0.29) is 0 Å². The van der Waals surface area contributed by atoms with Gasteiger partial charge < -0.3 is 4.74 Å². The third-order valence-corrected chi connectivity index (χ3v) is 3.08. The minimum Gasteiger partial charge on any atom is -0.375 e. The smallest absolute Gasteiger partial charge is 0.0646 e. The summed E-state index contributed by atoms with van der Waals surface area (Å²) in [6.45, 7) is 12.9. The molecule has 1 heteroatoms. The molecule has 1 aliphatic rings. The van der Waals surface area contributed by atoms with Gasteiger partial charge in [0.2, 0.25) is 0 Å². The molecular formula is C13H24O. The quantitative estimate of drug-likeness (QED) is 0.624. The zero-order chi connectivity index (χ0) is 10.7. The van der Waals surface area contributed by atoms with Crippen molar-refractivity contribution in [2.24, 2.45) is 11.8 Å². The van der Waals surface area contributed by atoms with Gasteiger partial charge in [0.05, 0.1) is 12.2 Å². The number of ether oxygens (including phenoxy) is 1. The van der Waals surface area contributed by atoms with Crippen LogP contribution in [0.2, 0.25) is 0 Å². The molecular weight excluding hydrogens is 172 g/mol. The maximum Gasteiger partial charge on any atom is 0.0646 e. The predicted octanol–water partition coefficient (Wildman–Crippen LogP) is 3.79. The van der Waals surface area contributed by atoms with Gasteiger partial charge in [0, 0.05) is 5.92 Å². The van der Waals surface area contributed by atoms with Crippen LogP contribution in [0.15, 0.2) is 12.2 Å². The molecule has 1 saturated heterocycles. The van der Waals surface area contributed by atoms with Crippen LogP contribution in [0.3, 0.4) is 0 Å². The fraction of sp³-hybridized carbons (Fsp3) is 0.846. The Balaban J connectivity index is 2.59. The van der Waals surface area contributed by atoms with Crippen LogP contribution in [-0.2, 0) is 4.74 Å². The molecule has 0 aliphatic carbocycles. The van der Waals surface area contributed by atoms with Crippen LogP contribution in [0.1, 0.15) is 47.0 Å². The fourth-order valence-corrected chi connectivity index (χ4v) is 2.31. The highest BCUT2D eigenvalue weighted by Gasteiger charge is 2.29. The minimum absolute atomic E-state index is 0.413. The first-order valence-electron chi connectivity index (χ1n) is 5.81. The molecule has 1 heterocycles. The van der Waals surface area contributed by atoms with Crippen LogP contribution in [-0.4, -0.2) is 12.2 Å². The molecule has 0 aromatic heterocycles. The summed E-state index contributed by atoms with van der Waals surface area (Å²) < 4.78 is 6.01. The Morgan fingerprint density at radius 2 is 2.07 bits per heavy atom. The third kappa shape index (κ3) is 3.13. The Bertz CT molecular complexity index is 193. The molecule has 0 aromatic rings. The summed E-state index contributed by atoms with van der Waals surface area (Å²) in [4.78, 5) is 0. The van der Waals surface area contributed by atoms with Crippen LogP contribution >= 0.6 is 0 Å². The second-order valence-corrected chi connectivity index (χ2v) is 5.14. The molecule has 1 nitrogen and oxygen atoms in total. The lowest BCUT2D eigenvalue weighted by Gasteiger charge is -2.36. The van der Waals surface area contributed by atoms with Gasteiger partial charge >= 0.3 is 0 Å². The molecule has 0 aromatic carbocycles. The summed E-state index contributed by atoms with van der Waals surface area (Å²) in [6.07, 6.45) is 4.47. The van der Waals surface area contributed by atoms with Crippen molar-refractivity contribution in [2.75, 3.05) is 0 Å². The normalized spacial score (nSPS) is 33.4.